The summed E-state index contributed by atoms with van der Waals surface area (Å²) >= 11 is 7.53. The molecule has 0 spiro atoms. The van der Waals surface area contributed by atoms with Crippen molar-refractivity contribution in [3.8, 4) is 5.75 Å². The maximum atomic E-state index is 13.8. The van der Waals surface area contributed by atoms with Crippen molar-refractivity contribution in [3.63, 3.8) is 0 Å². The Morgan fingerprint density at radius 2 is 1.69 bits per heavy atom. The lowest BCUT2D eigenvalue weighted by molar-refractivity contribution is -0.143. The van der Waals surface area contributed by atoms with Crippen LogP contribution in [0.4, 0.5) is 0 Å². The van der Waals surface area contributed by atoms with E-state index in [4.69, 9.17) is 16.3 Å². The van der Waals surface area contributed by atoms with Crippen LogP contribution < -0.4 is 4.74 Å². The first-order chi connectivity index (χ1) is 17.2. The van der Waals surface area contributed by atoms with Crippen molar-refractivity contribution >= 4 is 39.4 Å². The van der Waals surface area contributed by atoms with Gasteiger partial charge < -0.3 is 9.84 Å². The summed E-state index contributed by atoms with van der Waals surface area (Å²) < 4.78 is 34.2. The quantitative estimate of drug-likeness (QED) is 0.385. The summed E-state index contributed by atoms with van der Waals surface area (Å²) in [6.07, 6.45) is 0.368. The van der Waals surface area contributed by atoms with Gasteiger partial charge in [-0.1, -0.05) is 53.6 Å². The van der Waals surface area contributed by atoms with Crippen LogP contribution in [0.5, 0.6) is 5.75 Å². The first-order valence-corrected chi connectivity index (χ1v) is 14.4. The fraction of sp³-hybridized carbons (Fsp3) is 0.296. The first-order valence-electron chi connectivity index (χ1n) is 11.5. The fourth-order valence-electron chi connectivity index (χ4n) is 4.39. The molecule has 1 heterocycles. The van der Waals surface area contributed by atoms with Gasteiger partial charge in [0.15, 0.2) is 0 Å². The molecule has 0 radical (unpaired) electrons. The van der Waals surface area contributed by atoms with Crippen LogP contribution in [0.1, 0.15) is 29.2 Å². The predicted octanol–water partition coefficient (Wildman–Crippen LogP) is 5.80. The molecule has 0 amide bonds. The molecule has 9 heteroatoms. The molecule has 3 aromatic rings. The van der Waals surface area contributed by atoms with Gasteiger partial charge in [-0.3, -0.25) is 4.79 Å². The number of aryl methyl sites for hydroxylation is 1. The Kier molecular flexibility index (Phi) is 8.30. The number of sulfonamides is 1. The summed E-state index contributed by atoms with van der Waals surface area (Å²) in [5, 5.41) is 10.4. The fourth-order valence-corrected chi connectivity index (χ4v) is 7.51. The van der Waals surface area contributed by atoms with Crippen LogP contribution >= 0.6 is 23.4 Å². The van der Waals surface area contributed by atoms with Crippen LogP contribution in [0.3, 0.4) is 0 Å². The highest BCUT2D eigenvalue weighted by molar-refractivity contribution is 7.99. The number of carboxylic acids is 1. The van der Waals surface area contributed by atoms with Gasteiger partial charge in [-0.15, -0.1) is 0 Å². The smallest absolute Gasteiger partial charge is 0.308 e. The lowest BCUT2D eigenvalue weighted by atomic mass is 9.90. The number of ether oxygens (including phenoxy) is 1. The zero-order chi connectivity index (χ0) is 25.9. The number of rotatable bonds is 8. The molecule has 36 heavy (non-hydrogen) atoms. The van der Waals surface area contributed by atoms with Gasteiger partial charge >= 0.3 is 5.97 Å². The SMILES string of the molecule is COc1ccc([C@@H]2C[C@@H](SCc3ccc(Cl)cc3)[C@H](C(=O)O)CN2S(=O)(=O)c2ccc(C)cc2)cc1. The Morgan fingerprint density at radius 3 is 2.28 bits per heavy atom. The summed E-state index contributed by atoms with van der Waals surface area (Å²) in [4.78, 5) is 12.5. The molecular formula is C27H28ClNO5S2. The lowest BCUT2D eigenvalue weighted by Crippen LogP contribution is -2.49. The van der Waals surface area contributed by atoms with Crippen LogP contribution in [0.25, 0.3) is 0 Å². The molecule has 0 aliphatic carbocycles. The van der Waals surface area contributed by atoms with E-state index in [2.05, 4.69) is 0 Å². The third-order valence-corrected chi connectivity index (χ3v) is 10.0. The monoisotopic (exact) mass is 545 g/mol. The molecule has 0 saturated carbocycles. The van der Waals surface area contributed by atoms with E-state index in [-0.39, 0.29) is 16.7 Å². The molecule has 6 nitrogen and oxygen atoms in total. The molecule has 1 saturated heterocycles. The number of halogens is 1. The van der Waals surface area contributed by atoms with Gasteiger partial charge in [0.1, 0.15) is 5.75 Å². The topological polar surface area (TPSA) is 83.9 Å². The normalized spacial score (nSPS) is 20.7. The number of carboxylic acid groups (broad SMARTS) is 1. The lowest BCUT2D eigenvalue weighted by Gasteiger charge is -2.41. The van der Waals surface area contributed by atoms with Gasteiger partial charge in [0, 0.05) is 22.6 Å². The molecule has 1 aliphatic rings. The Morgan fingerprint density at radius 1 is 1.06 bits per heavy atom. The van der Waals surface area contributed by atoms with E-state index in [0.29, 0.717) is 22.9 Å². The second-order valence-corrected chi connectivity index (χ2v) is 12.4. The highest BCUT2D eigenvalue weighted by atomic mass is 35.5. The summed E-state index contributed by atoms with van der Waals surface area (Å²) in [6.45, 7) is 1.78. The van der Waals surface area contributed by atoms with Crippen LogP contribution in [0, 0.1) is 12.8 Å². The number of carbonyl (C=O) groups is 1. The summed E-state index contributed by atoms with van der Waals surface area (Å²) in [7, 11) is -2.36. The Balaban J connectivity index is 1.69. The second-order valence-electron chi connectivity index (χ2n) is 8.83. The number of piperidine rings is 1. The Hall–Kier alpha value is -2.52. The summed E-state index contributed by atoms with van der Waals surface area (Å²) in [6, 6.07) is 20.9. The Bertz CT molecular complexity index is 1300. The number of aliphatic carboxylic acids is 1. The molecular weight excluding hydrogens is 518 g/mol. The molecule has 4 rings (SSSR count). The van der Waals surface area contributed by atoms with Gasteiger partial charge in [-0.2, -0.15) is 16.1 Å². The molecule has 3 aromatic carbocycles. The average Bonchev–Trinajstić information content (AvgIpc) is 2.88. The van der Waals surface area contributed by atoms with Crippen molar-refractivity contribution < 1.29 is 23.1 Å². The maximum absolute atomic E-state index is 13.8. The number of benzene rings is 3. The molecule has 1 N–H and O–H groups in total. The molecule has 0 unspecified atom stereocenters. The average molecular weight is 546 g/mol. The van der Waals surface area contributed by atoms with E-state index in [1.807, 2.05) is 43.3 Å². The molecule has 3 atom stereocenters. The third kappa shape index (κ3) is 5.89. The van der Waals surface area contributed by atoms with E-state index in [9.17, 15) is 18.3 Å². The van der Waals surface area contributed by atoms with E-state index in [1.54, 1.807) is 43.5 Å². The zero-order valence-corrected chi connectivity index (χ0v) is 22.4. The number of methoxy groups -OCH3 is 1. The molecule has 1 aliphatic heterocycles. The van der Waals surface area contributed by atoms with Crippen molar-refractivity contribution in [1.82, 2.24) is 4.31 Å². The summed E-state index contributed by atoms with van der Waals surface area (Å²) in [5.74, 6) is -0.580. The third-order valence-electron chi connectivity index (χ3n) is 6.45. The van der Waals surface area contributed by atoms with Crippen molar-refractivity contribution in [2.24, 2.45) is 5.92 Å². The van der Waals surface area contributed by atoms with Crippen molar-refractivity contribution in [2.75, 3.05) is 13.7 Å². The number of nitrogens with zero attached hydrogens (tertiary/aromatic N) is 1. The molecule has 0 aromatic heterocycles. The minimum absolute atomic E-state index is 0.111. The predicted molar refractivity (Wildman–Crippen MR) is 143 cm³/mol. The van der Waals surface area contributed by atoms with Crippen molar-refractivity contribution in [1.29, 1.82) is 0 Å². The molecule has 0 bridgehead atoms. The van der Waals surface area contributed by atoms with Gasteiger partial charge in [-0.25, -0.2) is 8.42 Å². The van der Waals surface area contributed by atoms with Gasteiger partial charge in [0.05, 0.1) is 24.0 Å². The van der Waals surface area contributed by atoms with Crippen LogP contribution in [0.15, 0.2) is 77.7 Å². The second kappa shape index (κ2) is 11.3. The van der Waals surface area contributed by atoms with Gasteiger partial charge in [0.25, 0.3) is 0 Å². The molecule has 1 fully saturated rings. The largest absolute Gasteiger partial charge is 0.497 e. The first kappa shape index (κ1) is 26.5. The number of hydrogen-bond acceptors (Lipinski definition) is 5. The number of hydrogen-bond donors (Lipinski definition) is 1. The standard InChI is InChI=1S/C27H28ClNO5S2/c1-18-3-13-23(14-4-18)36(32,33)29-16-24(27(30)31)26(35-17-19-5-9-21(28)10-6-19)15-25(29)20-7-11-22(34-2)12-8-20/h3-14,24-26H,15-17H2,1-2H3,(H,30,31)/t24-,25+,26-/m1/s1. The highest BCUT2D eigenvalue weighted by Gasteiger charge is 2.45. The molecule has 190 valence electrons. The van der Waals surface area contributed by atoms with E-state index >= 15 is 0 Å². The van der Waals surface area contributed by atoms with Crippen LogP contribution in [0.2, 0.25) is 5.02 Å². The van der Waals surface area contributed by atoms with Crippen LogP contribution in [-0.4, -0.2) is 42.7 Å². The minimum Gasteiger partial charge on any atom is -0.497 e. The zero-order valence-electron chi connectivity index (χ0n) is 20.0. The van der Waals surface area contributed by atoms with E-state index in [1.165, 1.54) is 16.1 Å². The van der Waals surface area contributed by atoms with E-state index in [0.717, 1.165) is 16.7 Å². The highest BCUT2D eigenvalue weighted by Crippen LogP contribution is 2.43. The van der Waals surface area contributed by atoms with Crippen molar-refractivity contribution in [3.05, 3.63) is 94.5 Å². The van der Waals surface area contributed by atoms with Gasteiger partial charge in [-0.05, 0) is 60.9 Å². The van der Waals surface area contributed by atoms with Crippen LogP contribution in [-0.2, 0) is 20.6 Å². The maximum Gasteiger partial charge on any atom is 0.308 e. The minimum atomic E-state index is -3.94. The van der Waals surface area contributed by atoms with E-state index < -0.39 is 28.0 Å². The Labute approximate surface area is 221 Å². The van der Waals surface area contributed by atoms with Crippen molar-refractivity contribution in [2.45, 2.75) is 35.3 Å². The van der Waals surface area contributed by atoms with Gasteiger partial charge in [0.2, 0.25) is 10.0 Å². The summed E-state index contributed by atoms with van der Waals surface area (Å²) in [5.41, 5.74) is 2.78. The number of thioether (sulfide) groups is 1.